The molecule has 1 unspecified atom stereocenters. The van der Waals surface area contributed by atoms with E-state index in [9.17, 15) is 14.7 Å². The number of methoxy groups -OCH3 is 2. The molecule has 4 aromatic rings. The van der Waals surface area contributed by atoms with Crippen molar-refractivity contribution in [1.29, 1.82) is 0 Å². The van der Waals surface area contributed by atoms with E-state index in [1.165, 1.54) is 10.4 Å². The lowest BCUT2D eigenvalue weighted by Gasteiger charge is -2.43. The van der Waals surface area contributed by atoms with Gasteiger partial charge in [-0.15, -0.1) is 0 Å². The van der Waals surface area contributed by atoms with Crippen LogP contribution in [0.3, 0.4) is 0 Å². The number of carboxylic acid groups (broad SMARTS) is 1. The Labute approximate surface area is 290 Å². The topological polar surface area (TPSA) is 103 Å². The number of rotatable bonds is 13. The number of hydrogen-bond acceptors (Lipinski definition) is 6. The van der Waals surface area contributed by atoms with Crippen LogP contribution in [0.1, 0.15) is 51.7 Å². The van der Waals surface area contributed by atoms with Crippen LogP contribution in [0.25, 0.3) is 11.1 Å². The molecule has 2 N–H and O–H groups in total. The second-order valence-corrected chi connectivity index (χ2v) is 18.1. The van der Waals surface area contributed by atoms with Crippen LogP contribution in [0.4, 0.5) is 0 Å². The molecule has 0 aliphatic carbocycles. The summed E-state index contributed by atoms with van der Waals surface area (Å²) in [6.07, 6.45) is 1.46. The maximum absolute atomic E-state index is 12.8. The molecule has 0 bridgehead atoms. The van der Waals surface area contributed by atoms with Gasteiger partial charge in [-0.05, 0) is 64.0 Å². The van der Waals surface area contributed by atoms with Gasteiger partial charge in [0.1, 0.15) is 23.1 Å². The van der Waals surface area contributed by atoms with E-state index >= 15 is 0 Å². The molecule has 1 aliphatic rings. The highest BCUT2D eigenvalue weighted by molar-refractivity contribution is 6.99. The summed E-state index contributed by atoms with van der Waals surface area (Å²) in [5.74, 6) is -0.233. The predicted molar refractivity (Wildman–Crippen MR) is 194 cm³/mol. The second kappa shape index (κ2) is 15.0. The summed E-state index contributed by atoms with van der Waals surface area (Å²) in [5.41, 5.74) is 2.31. The first-order valence-electron chi connectivity index (χ1n) is 16.7. The van der Waals surface area contributed by atoms with Gasteiger partial charge < -0.3 is 29.1 Å². The van der Waals surface area contributed by atoms with Crippen LogP contribution in [0.5, 0.6) is 11.5 Å². The molecule has 4 aromatic carbocycles. The van der Waals surface area contributed by atoms with Crippen LogP contribution in [0.2, 0.25) is 5.04 Å². The van der Waals surface area contributed by atoms with Crippen molar-refractivity contribution in [2.75, 3.05) is 20.8 Å². The number of benzene rings is 4. The Bertz CT molecular complexity index is 1670. The number of nitrogens with one attached hydrogen (secondary N) is 1. The minimum Gasteiger partial charge on any atom is -0.496 e. The number of carbonyl (C=O) groups excluding carboxylic acids is 1. The summed E-state index contributed by atoms with van der Waals surface area (Å²) in [5, 5.41) is 14.8. The molecule has 9 heteroatoms. The van der Waals surface area contributed by atoms with E-state index in [4.69, 9.17) is 18.6 Å². The number of carboxylic acids is 1. The third kappa shape index (κ3) is 7.59. The summed E-state index contributed by atoms with van der Waals surface area (Å²) in [6.45, 7) is 9.31. The van der Waals surface area contributed by atoms with Crippen LogP contribution in [0, 0.1) is 0 Å². The zero-order valence-electron chi connectivity index (χ0n) is 29.2. The molecule has 49 heavy (non-hydrogen) atoms. The Kier molecular flexibility index (Phi) is 11.0. The first-order chi connectivity index (χ1) is 23.4. The molecule has 1 aliphatic heterocycles. The second-order valence-electron chi connectivity index (χ2n) is 13.8. The lowest BCUT2D eigenvalue weighted by atomic mass is 9.97. The molecule has 8 nitrogen and oxygen atoms in total. The van der Waals surface area contributed by atoms with Crippen molar-refractivity contribution in [3.05, 3.63) is 108 Å². The van der Waals surface area contributed by atoms with Crippen molar-refractivity contribution in [3.8, 4) is 22.6 Å². The number of amides is 1. The van der Waals surface area contributed by atoms with Crippen LogP contribution in [-0.4, -0.2) is 57.8 Å². The lowest BCUT2D eigenvalue weighted by Crippen LogP contribution is -2.66. The van der Waals surface area contributed by atoms with Crippen LogP contribution in [-0.2, 0) is 31.8 Å². The fourth-order valence-electron chi connectivity index (χ4n) is 6.80. The summed E-state index contributed by atoms with van der Waals surface area (Å²) >= 11 is 0. The molecule has 1 heterocycles. The monoisotopic (exact) mass is 681 g/mol. The number of carbonyl (C=O) groups is 2. The molecule has 2 atom stereocenters. The van der Waals surface area contributed by atoms with E-state index in [1.807, 2.05) is 48.5 Å². The molecule has 0 aromatic heterocycles. The van der Waals surface area contributed by atoms with E-state index in [0.717, 1.165) is 28.7 Å². The van der Waals surface area contributed by atoms with E-state index in [1.54, 1.807) is 21.1 Å². The highest BCUT2D eigenvalue weighted by Gasteiger charge is 2.50. The SMILES string of the molecule is COc1cc(CO[Si](c2ccccc2)(c2ccccc2)C(C)(C)C)cc(OC)c1-c1ccc(C[C@H](NC(=O)C2(C)CCCO2)C(=O)O)cc1. The Balaban J connectivity index is 1.41. The van der Waals surface area contributed by atoms with E-state index in [0.29, 0.717) is 31.1 Å². The maximum Gasteiger partial charge on any atom is 0.326 e. The lowest BCUT2D eigenvalue weighted by molar-refractivity contribution is -0.147. The van der Waals surface area contributed by atoms with Gasteiger partial charge in [-0.1, -0.05) is 106 Å². The van der Waals surface area contributed by atoms with Gasteiger partial charge in [-0.2, -0.15) is 0 Å². The van der Waals surface area contributed by atoms with Gasteiger partial charge >= 0.3 is 5.97 Å². The van der Waals surface area contributed by atoms with Crippen molar-refractivity contribution >= 4 is 30.6 Å². The van der Waals surface area contributed by atoms with Crippen molar-refractivity contribution in [2.45, 2.75) is 70.2 Å². The number of hydrogen-bond donors (Lipinski definition) is 2. The summed E-state index contributed by atoms with van der Waals surface area (Å²) < 4.78 is 24.6. The number of aliphatic carboxylic acids is 1. The zero-order valence-corrected chi connectivity index (χ0v) is 30.2. The summed E-state index contributed by atoms with van der Waals surface area (Å²) in [4.78, 5) is 24.9. The molecule has 0 spiro atoms. The number of ether oxygens (including phenoxy) is 3. The minimum atomic E-state index is -2.77. The van der Waals surface area contributed by atoms with Gasteiger partial charge in [0.25, 0.3) is 14.2 Å². The average Bonchev–Trinajstić information content (AvgIpc) is 3.56. The smallest absolute Gasteiger partial charge is 0.326 e. The Hall–Kier alpha value is -4.44. The zero-order chi connectivity index (χ0) is 35.2. The molecule has 0 saturated carbocycles. The van der Waals surface area contributed by atoms with Crippen molar-refractivity contribution in [2.24, 2.45) is 0 Å². The fourth-order valence-corrected chi connectivity index (χ4v) is 11.3. The third-order valence-corrected chi connectivity index (χ3v) is 14.4. The highest BCUT2D eigenvalue weighted by atomic mass is 28.4. The summed E-state index contributed by atoms with van der Waals surface area (Å²) in [6, 6.07) is 31.5. The van der Waals surface area contributed by atoms with Crippen LogP contribution >= 0.6 is 0 Å². The van der Waals surface area contributed by atoms with Crippen LogP contribution in [0.15, 0.2) is 97.1 Å². The standard InChI is InChI=1S/C40H47NO7Si/c1-39(2,3)49(31-14-9-7-10-15-31,32-16-11-8-12-17-32)48-27-29-25-34(45-5)36(35(26-29)46-6)30-20-18-28(19-21-30)24-33(37(42)43)41-38(44)40(4)22-13-23-47-40/h7-12,14-21,25-26,33H,13,22-24,27H2,1-6H3,(H,41,44)(H,42,43)/t33-,40?/m0/s1. The molecular weight excluding hydrogens is 635 g/mol. The molecule has 0 radical (unpaired) electrons. The van der Waals surface area contributed by atoms with Gasteiger partial charge in [-0.25, -0.2) is 4.79 Å². The first kappa shape index (κ1) is 35.9. The van der Waals surface area contributed by atoms with Crippen molar-refractivity contribution < 1.29 is 33.3 Å². The fraction of sp³-hybridized carbons (Fsp3) is 0.350. The first-order valence-corrected chi connectivity index (χ1v) is 18.6. The largest absolute Gasteiger partial charge is 0.496 e. The molecule has 5 rings (SSSR count). The van der Waals surface area contributed by atoms with Gasteiger partial charge in [0.05, 0.1) is 26.4 Å². The molecule has 1 saturated heterocycles. The normalized spacial score (nSPS) is 16.9. The Morgan fingerprint density at radius 3 is 1.88 bits per heavy atom. The molecule has 1 fully saturated rings. The van der Waals surface area contributed by atoms with E-state index in [-0.39, 0.29) is 11.5 Å². The summed E-state index contributed by atoms with van der Waals surface area (Å²) in [7, 11) is 0.494. The average molecular weight is 682 g/mol. The molecule has 1 amide bonds. The van der Waals surface area contributed by atoms with Gasteiger partial charge in [0.15, 0.2) is 0 Å². The van der Waals surface area contributed by atoms with Crippen LogP contribution < -0.4 is 25.2 Å². The van der Waals surface area contributed by atoms with Gasteiger partial charge in [0.2, 0.25) is 0 Å². The van der Waals surface area contributed by atoms with E-state index < -0.39 is 31.8 Å². The predicted octanol–water partition coefficient (Wildman–Crippen LogP) is 6.13. The minimum absolute atomic E-state index is 0.129. The van der Waals surface area contributed by atoms with Gasteiger partial charge in [0, 0.05) is 13.0 Å². The Morgan fingerprint density at radius 1 is 0.878 bits per heavy atom. The van der Waals surface area contributed by atoms with Crippen molar-refractivity contribution in [3.63, 3.8) is 0 Å². The molecule has 258 valence electrons. The third-order valence-electron chi connectivity index (χ3n) is 9.42. The van der Waals surface area contributed by atoms with Crippen molar-refractivity contribution in [1.82, 2.24) is 5.32 Å². The molecular formula is C40H47NO7Si. The van der Waals surface area contributed by atoms with E-state index in [2.05, 4.69) is 74.6 Å². The quantitative estimate of drug-likeness (QED) is 0.164. The maximum atomic E-state index is 12.8. The Morgan fingerprint density at radius 2 is 1.43 bits per heavy atom. The highest BCUT2D eigenvalue weighted by Crippen LogP contribution is 2.41. The van der Waals surface area contributed by atoms with Gasteiger partial charge in [-0.3, -0.25) is 4.79 Å².